The summed E-state index contributed by atoms with van der Waals surface area (Å²) in [6, 6.07) is 4.09. The Labute approximate surface area is 137 Å². The van der Waals surface area contributed by atoms with Crippen molar-refractivity contribution in [2.45, 2.75) is 6.42 Å². The van der Waals surface area contributed by atoms with Crippen molar-refractivity contribution >= 4 is 33.6 Å². The van der Waals surface area contributed by atoms with Crippen LogP contribution in [0.5, 0.6) is 0 Å². The first-order valence-corrected chi connectivity index (χ1v) is 7.91. The predicted octanol–water partition coefficient (Wildman–Crippen LogP) is 2.52. The summed E-state index contributed by atoms with van der Waals surface area (Å²) >= 11 is 0. The van der Waals surface area contributed by atoms with Crippen LogP contribution in [-0.4, -0.2) is 43.0 Å². The van der Waals surface area contributed by atoms with E-state index in [9.17, 15) is 0 Å². The maximum Gasteiger partial charge on any atom is 0.182 e. The smallest absolute Gasteiger partial charge is 0.182 e. The summed E-state index contributed by atoms with van der Waals surface area (Å²) in [5.41, 5.74) is 5.13. The lowest BCUT2D eigenvalue weighted by Gasteiger charge is -2.27. The Morgan fingerprint density at radius 3 is 3.00 bits per heavy atom. The highest BCUT2D eigenvalue weighted by Gasteiger charge is 2.19. The van der Waals surface area contributed by atoms with Crippen molar-refractivity contribution in [3.8, 4) is 0 Å². The highest BCUT2D eigenvalue weighted by Crippen LogP contribution is 2.30. The molecule has 0 fully saturated rings. The van der Waals surface area contributed by atoms with Gasteiger partial charge in [-0.15, -0.1) is 0 Å². The Morgan fingerprint density at radius 2 is 2.08 bits per heavy atom. The molecule has 0 bridgehead atoms. The van der Waals surface area contributed by atoms with Crippen molar-refractivity contribution in [1.29, 1.82) is 0 Å². The van der Waals surface area contributed by atoms with Gasteiger partial charge in [-0.1, -0.05) is 6.08 Å². The normalized spacial score (nSPS) is 15.2. The van der Waals surface area contributed by atoms with Crippen molar-refractivity contribution < 1.29 is 0 Å². The average Bonchev–Trinajstić information content (AvgIpc) is 3.28. The predicted molar refractivity (Wildman–Crippen MR) is 92.6 cm³/mol. The molecule has 4 aromatic rings. The molecule has 24 heavy (non-hydrogen) atoms. The molecule has 0 aliphatic carbocycles. The number of nitrogens with zero attached hydrogens (tertiary/aromatic N) is 5. The van der Waals surface area contributed by atoms with E-state index >= 15 is 0 Å². The molecule has 0 unspecified atom stereocenters. The second-order valence-corrected chi connectivity index (χ2v) is 5.83. The molecule has 5 heterocycles. The molecule has 7 nitrogen and oxygen atoms in total. The monoisotopic (exact) mass is 317 g/mol. The molecule has 1 aliphatic heterocycles. The van der Waals surface area contributed by atoms with Crippen LogP contribution in [0.3, 0.4) is 0 Å². The minimum atomic E-state index is 0.706. The fraction of sp³-hybridized carbons (Fsp3) is 0.176. The molecule has 0 aromatic carbocycles. The first kappa shape index (κ1) is 13.2. The number of anilines is 1. The average molecular weight is 317 g/mol. The fourth-order valence-corrected chi connectivity index (χ4v) is 3.32. The van der Waals surface area contributed by atoms with Crippen LogP contribution in [0.2, 0.25) is 0 Å². The number of imidazole rings is 1. The zero-order valence-electron chi connectivity index (χ0n) is 12.9. The Hall–Kier alpha value is -3.22. The van der Waals surface area contributed by atoms with E-state index < -0.39 is 0 Å². The lowest BCUT2D eigenvalue weighted by atomic mass is 9.99. The number of nitrogens with one attached hydrogen (secondary N) is 2. The van der Waals surface area contributed by atoms with Crippen LogP contribution >= 0.6 is 0 Å². The van der Waals surface area contributed by atoms with Crippen molar-refractivity contribution in [3.05, 3.63) is 48.8 Å². The van der Waals surface area contributed by atoms with E-state index in [2.05, 4.69) is 53.1 Å². The molecular formula is C17H15N7. The SMILES string of the molecule is C1=C(c2c[nH]c3ncccc23)CCN(c2ncnc3nc[nH]c23)C1. The third-order valence-corrected chi connectivity index (χ3v) is 4.51. The zero-order valence-corrected chi connectivity index (χ0v) is 12.9. The van der Waals surface area contributed by atoms with Crippen molar-refractivity contribution in [1.82, 2.24) is 29.9 Å². The van der Waals surface area contributed by atoms with Gasteiger partial charge >= 0.3 is 0 Å². The van der Waals surface area contributed by atoms with Gasteiger partial charge in [0.15, 0.2) is 11.5 Å². The first-order chi connectivity index (χ1) is 11.9. The standard InChI is InChI=1S/C17H15N7/c1-2-12-13(8-19-15(12)18-5-1)11-3-6-24(7-4-11)17-14-16(21-9-20-14)22-10-23-17/h1-3,5,8-10H,4,6-7H2,(H,18,19)(H,20,21,22,23). The minimum Gasteiger partial charge on any atom is -0.351 e. The molecule has 4 aromatic heterocycles. The van der Waals surface area contributed by atoms with Gasteiger partial charge in [-0.3, -0.25) is 0 Å². The molecular weight excluding hydrogens is 302 g/mol. The molecule has 2 N–H and O–H groups in total. The fourth-order valence-electron chi connectivity index (χ4n) is 3.32. The number of rotatable bonds is 2. The highest BCUT2D eigenvalue weighted by atomic mass is 15.2. The van der Waals surface area contributed by atoms with Crippen molar-refractivity contribution in [2.75, 3.05) is 18.0 Å². The second kappa shape index (κ2) is 5.16. The summed E-state index contributed by atoms with van der Waals surface area (Å²) in [4.78, 5) is 25.8. The highest BCUT2D eigenvalue weighted by molar-refractivity contribution is 5.91. The number of aromatic nitrogens is 6. The molecule has 0 spiro atoms. The number of hydrogen-bond donors (Lipinski definition) is 2. The molecule has 0 radical (unpaired) electrons. The summed E-state index contributed by atoms with van der Waals surface area (Å²) in [5, 5.41) is 1.18. The summed E-state index contributed by atoms with van der Waals surface area (Å²) < 4.78 is 0. The van der Waals surface area contributed by atoms with Crippen molar-refractivity contribution in [2.24, 2.45) is 0 Å². The van der Waals surface area contributed by atoms with E-state index in [1.807, 2.05) is 12.3 Å². The summed E-state index contributed by atoms with van der Waals surface area (Å²) in [6.45, 7) is 1.72. The molecule has 0 amide bonds. The van der Waals surface area contributed by atoms with E-state index in [4.69, 9.17) is 0 Å². The van der Waals surface area contributed by atoms with E-state index in [-0.39, 0.29) is 0 Å². The van der Waals surface area contributed by atoms with E-state index in [0.29, 0.717) is 5.65 Å². The minimum absolute atomic E-state index is 0.706. The zero-order chi connectivity index (χ0) is 15.9. The Kier molecular flexibility index (Phi) is 2.84. The summed E-state index contributed by atoms with van der Waals surface area (Å²) in [6.07, 6.45) is 10.3. The first-order valence-electron chi connectivity index (χ1n) is 7.91. The Bertz CT molecular complexity index is 1060. The van der Waals surface area contributed by atoms with E-state index in [1.54, 1.807) is 12.7 Å². The van der Waals surface area contributed by atoms with Crippen molar-refractivity contribution in [3.63, 3.8) is 0 Å². The van der Waals surface area contributed by atoms with Crippen LogP contribution in [0.1, 0.15) is 12.0 Å². The number of pyridine rings is 1. The molecule has 7 heteroatoms. The van der Waals surface area contributed by atoms with Gasteiger partial charge in [-0.05, 0) is 24.1 Å². The van der Waals surface area contributed by atoms with Gasteiger partial charge < -0.3 is 14.9 Å². The topological polar surface area (TPSA) is 86.4 Å². The van der Waals surface area contributed by atoms with Crippen LogP contribution in [0, 0.1) is 0 Å². The lowest BCUT2D eigenvalue weighted by Crippen LogP contribution is -2.29. The van der Waals surface area contributed by atoms with Gasteiger partial charge in [0.25, 0.3) is 0 Å². The van der Waals surface area contributed by atoms with Gasteiger partial charge in [0.05, 0.1) is 6.33 Å². The maximum atomic E-state index is 4.44. The number of fused-ring (bicyclic) bond motifs is 2. The van der Waals surface area contributed by atoms with Crippen LogP contribution in [0.25, 0.3) is 27.8 Å². The third-order valence-electron chi connectivity index (χ3n) is 4.51. The van der Waals surface area contributed by atoms with Gasteiger partial charge in [-0.2, -0.15) is 0 Å². The largest absolute Gasteiger partial charge is 0.351 e. The lowest BCUT2D eigenvalue weighted by molar-refractivity contribution is 0.818. The van der Waals surface area contributed by atoms with E-state index in [1.165, 1.54) is 16.5 Å². The molecule has 1 aliphatic rings. The summed E-state index contributed by atoms with van der Waals surface area (Å²) in [5.74, 6) is 0.911. The number of hydrogen-bond acceptors (Lipinski definition) is 5. The molecule has 5 rings (SSSR count). The Morgan fingerprint density at radius 1 is 1.08 bits per heavy atom. The third kappa shape index (κ3) is 1.98. The second-order valence-electron chi connectivity index (χ2n) is 5.83. The Balaban J connectivity index is 1.48. The maximum absolute atomic E-state index is 4.44. The van der Waals surface area contributed by atoms with Gasteiger partial charge in [0.2, 0.25) is 0 Å². The molecule has 118 valence electrons. The van der Waals surface area contributed by atoms with E-state index in [0.717, 1.165) is 36.5 Å². The number of aromatic amines is 2. The van der Waals surface area contributed by atoms with Gasteiger partial charge in [0.1, 0.15) is 17.5 Å². The van der Waals surface area contributed by atoms with Crippen LogP contribution in [0.15, 0.2) is 43.3 Å². The van der Waals surface area contributed by atoms with Crippen LogP contribution < -0.4 is 4.90 Å². The molecule has 0 saturated heterocycles. The quantitative estimate of drug-likeness (QED) is 0.593. The number of H-pyrrole nitrogens is 2. The van der Waals surface area contributed by atoms with Crippen LogP contribution in [0.4, 0.5) is 5.82 Å². The van der Waals surface area contributed by atoms with Gasteiger partial charge in [0, 0.05) is 36.4 Å². The summed E-state index contributed by atoms with van der Waals surface area (Å²) in [7, 11) is 0. The van der Waals surface area contributed by atoms with Crippen LogP contribution in [-0.2, 0) is 0 Å². The van der Waals surface area contributed by atoms with Gasteiger partial charge in [-0.25, -0.2) is 19.9 Å². The molecule has 0 atom stereocenters. The molecule has 0 saturated carbocycles.